The first kappa shape index (κ1) is 19.9. The number of halogens is 5. The second-order valence-electron chi connectivity index (χ2n) is 5.81. The predicted octanol–water partition coefficient (Wildman–Crippen LogP) is 3.17. The lowest BCUT2D eigenvalue weighted by molar-refractivity contribution is -0.161. The van der Waals surface area contributed by atoms with Crippen molar-refractivity contribution in [1.82, 2.24) is 4.72 Å². The highest BCUT2D eigenvalue weighted by atomic mass is 32.2. The molecule has 0 radical (unpaired) electrons. The monoisotopic (exact) mass is 357 g/mol. The minimum Gasteiger partial charge on any atom is -0.598 e. The Kier molecular flexibility index (Phi) is 5.82. The van der Waals surface area contributed by atoms with Crippen molar-refractivity contribution < 1.29 is 31.3 Å². The number of carbonyl (C=O) groups excluding carboxylic acids is 1. The van der Waals surface area contributed by atoms with Gasteiger partial charge in [0.15, 0.2) is 6.29 Å². The van der Waals surface area contributed by atoms with Crippen LogP contribution in [0.4, 0.5) is 22.0 Å². The molecule has 23 heavy (non-hydrogen) atoms. The molecule has 2 unspecified atom stereocenters. The van der Waals surface area contributed by atoms with Crippen LogP contribution in [0.3, 0.4) is 0 Å². The molecule has 3 nitrogen and oxygen atoms in total. The molecule has 1 aromatic carbocycles. The molecule has 0 bridgehead atoms. The van der Waals surface area contributed by atoms with E-state index in [1.165, 1.54) is 20.8 Å². The van der Waals surface area contributed by atoms with E-state index in [4.69, 9.17) is 0 Å². The summed E-state index contributed by atoms with van der Waals surface area (Å²) in [6.07, 6.45) is -4.91. The van der Waals surface area contributed by atoms with E-state index >= 15 is 0 Å². The van der Waals surface area contributed by atoms with Gasteiger partial charge in [0.05, 0.1) is 0 Å². The zero-order valence-electron chi connectivity index (χ0n) is 12.6. The number of hydrogen-bond acceptors (Lipinski definition) is 3. The zero-order chi connectivity index (χ0) is 18.1. The van der Waals surface area contributed by atoms with E-state index in [9.17, 15) is 31.3 Å². The van der Waals surface area contributed by atoms with Crippen molar-refractivity contribution in [3.8, 4) is 0 Å². The first-order chi connectivity index (χ1) is 10.4. The van der Waals surface area contributed by atoms with Crippen LogP contribution >= 0.6 is 0 Å². The minimum absolute atomic E-state index is 0.700. The molecule has 0 saturated carbocycles. The van der Waals surface area contributed by atoms with Crippen molar-refractivity contribution in [2.45, 2.75) is 43.4 Å². The van der Waals surface area contributed by atoms with Crippen LogP contribution in [0, 0.1) is 5.82 Å². The Bertz CT molecular complexity index is 564. The van der Waals surface area contributed by atoms with E-state index in [2.05, 4.69) is 0 Å². The average Bonchev–Trinajstić information content (AvgIpc) is 2.43. The first-order valence-corrected chi connectivity index (χ1v) is 7.62. The molecular weight excluding hydrogens is 341 g/mol. The molecule has 0 heterocycles. The molecule has 1 N–H and O–H groups in total. The van der Waals surface area contributed by atoms with Crippen molar-refractivity contribution in [3.05, 3.63) is 35.6 Å². The Labute approximate surface area is 133 Å². The van der Waals surface area contributed by atoms with Crippen molar-refractivity contribution in [2.75, 3.05) is 0 Å². The summed E-state index contributed by atoms with van der Waals surface area (Å²) >= 11 is -2.42. The molecule has 0 aliphatic rings. The van der Waals surface area contributed by atoms with Crippen molar-refractivity contribution in [1.29, 1.82) is 0 Å². The van der Waals surface area contributed by atoms with Crippen LogP contribution < -0.4 is 4.72 Å². The maximum absolute atomic E-state index is 14.1. The number of rotatable bonds is 6. The molecule has 0 aromatic heterocycles. The van der Waals surface area contributed by atoms with Gasteiger partial charge in [-0.15, -0.1) is 4.72 Å². The molecule has 0 aliphatic heterocycles. The quantitative estimate of drug-likeness (QED) is 0.483. The van der Waals surface area contributed by atoms with Crippen LogP contribution in [0.2, 0.25) is 0 Å². The van der Waals surface area contributed by atoms with Crippen LogP contribution in [0.5, 0.6) is 0 Å². The van der Waals surface area contributed by atoms with Crippen molar-refractivity contribution >= 4 is 17.6 Å². The third-order valence-electron chi connectivity index (χ3n) is 3.11. The summed E-state index contributed by atoms with van der Waals surface area (Å²) < 4.78 is 82.0. The molecule has 0 spiro atoms. The Balaban J connectivity index is 3.64. The Morgan fingerprint density at radius 1 is 1.22 bits per heavy atom. The lowest BCUT2D eigenvalue weighted by Crippen LogP contribution is -2.65. The smallest absolute Gasteiger partial charge is 0.334 e. The van der Waals surface area contributed by atoms with Crippen LogP contribution in [-0.4, -0.2) is 27.9 Å². The van der Waals surface area contributed by atoms with E-state index in [1.807, 2.05) is 0 Å². The van der Waals surface area contributed by atoms with E-state index in [-0.39, 0.29) is 0 Å². The highest BCUT2D eigenvalue weighted by Gasteiger charge is 2.66. The second kappa shape index (κ2) is 6.74. The summed E-state index contributed by atoms with van der Waals surface area (Å²) in [5, 5.41) is 0. The topological polar surface area (TPSA) is 52.2 Å². The van der Waals surface area contributed by atoms with Gasteiger partial charge in [0, 0.05) is 16.9 Å². The molecule has 0 aliphatic carbocycles. The molecule has 0 fully saturated rings. The van der Waals surface area contributed by atoms with E-state index < -0.39 is 51.7 Å². The summed E-state index contributed by atoms with van der Waals surface area (Å²) in [4.78, 5) is 10.7. The fraction of sp³-hybridized carbons (Fsp3) is 0.500. The Morgan fingerprint density at radius 2 is 1.74 bits per heavy atom. The van der Waals surface area contributed by atoms with Gasteiger partial charge in [0.2, 0.25) is 5.54 Å². The first-order valence-electron chi connectivity index (χ1n) is 6.47. The summed E-state index contributed by atoms with van der Waals surface area (Å²) in [6, 6.07) is 3.59. The highest BCUT2D eigenvalue weighted by Crippen LogP contribution is 2.43. The maximum Gasteiger partial charge on any atom is 0.334 e. The predicted molar refractivity (Wildman–Crippen MR) is 76.1 cm³/mol. The van der Waals surface area contributed by atoms with E-state index in [0.717, 1.165) is 12.1 Å². The van der Waals surface area contributed by atoms with Crippen LogP contribution in [0.25, 0.3) is 0 Å². The zero-order valence-corrected chi connectivity index (χ0v) is 13.4. The molecule has 1 aromatic rings. The minimum atomic E-state index is -4.70. The number of carbonyl (C=O) groups is 1. The molecule has 1 rings (SSSR count). The van der Waals surface area contributed by atoms with Crippen molar-refractivity contribution in [3.63, 3.8) is 0 Å². The molecule has 2 atom stereocenters. The number of nitrogens with one attached hydrogen (secondary N) is 1. The van der Waals surface area contributed by atoms with E-state index in [0.29, 0.717) is 12.1 Å². The number of aldehydes is 1. The second-order valence-corrected chi connectivity index (χ2v) is 7.78. The molecule has 0 saturated heterocycles. The van der Waals surface area contributed by atoms with Gasteiger partial charge in [-0.25, -0.2) is 13.2 Å². The average molecular weight is 357 g/mol. The van der Waals surface area contributed by atoms with Gasteiger partial charge in [0.25, 0.3) is 6.43 Å². The van der Waals surface area contributed by atoms with Gasteiger partial charge < -0.3 is 4.55 Å². The number of hydrogen-bond donors (Lipinski definition) is 1. The third kappa shape index (κ3) is 3.67. The van der Waals surface area contributed by atoms with Gasteiger partial charge in [-0.1, -0.05) is 18.2 Å². The van der Waals surface area contributed by atoms with Gasteiger partial charge >= 0.3 is 5.92 Å². The number of benzene rings is 1. The van der Waals surface area contributed by atoms with Gasteiger partial charge in [-0.3, -0.25) is 4.79 Å². The molecule has 0 amide bonds. The van der Waals surface area contributed by atoms with E-state index in [1.54, 1.807) is 4.72 Å². The normalized spacial score (nSPS) is 17.0. The molecular formula is C14H16F5NO2S. The third-order valence-corrected chi connectivity index (χ3v) is 4.73. The summed E-state index contributed by atoms with van der Waals surface area (Å²) in [5.74, 6) is -6.07. The maximum atomic E-state index is 14.1. The fourth-order valence-electron chi connectivity index (χ4n) is 1.78. The molecule has 9 heteroatoms. The van der Waals surface area contributed by atoms with Gasteiger partial charge in [0.1, 0.15) is 10.6 Å². The van der Waals surface area contributed by atoms with Crippen LogP contribution in [0.1, 0.15) is 26.3 Å². The SMILES string of the molecule is CC(C)(C)[S+]([O-])NC(c1ccccc1F)(C(F)F)C(F)(F)C=O. The van der Waals surface area contributed by atoms with Crippen LogP contribution in [-0.2, 0) is 21.7 Å². The van der Waals surface area contributed by atoms with Crippen molar-refractivity contribution in [2.24, 2.45) is 0 Å². The largest absolute Gasteiger partial charge is 0.598 e. The molecule has 130 valence electrons. The lowest BCUT2D eigenvalue weighted by Gasteiger charge is -2.39. The number of alkyl halides is 4. The Morgan fingerprint density at radius 3 is 2.13 bits per heavy atom. The fourth-order valence-corrected chi connectivity index (χ4v) is 2.72. The highest BCUT2D eigenvalue weighted by molar-refractivity contribution is 7.90. The standard InChI is InChI=1S/C14H16F5NO2S/c1-12(2,3)23(22)20-14(11(16)17,13(18,19)8-21)9-6-4-5-7-10(9)15/h4-8,11,20H,1-3H3. The summed E-state index contributed by atoms with van der Waals surface area (Å²) in [5.41, 5.74) is -4.89. The summed E-state index contributed by atoms with van der Waals surface area (Å²) in [7, 11) is 0. The Hall–Kier alpha value is -1.19. The van der Waals surface area contributed by atoms with Gasteiger partial charge in [-0.05, 0) is 26.8 Å². The lowest BCUT2D eigenvalue weighted by atomic mass is 9.85. The van der Waals surface area contributed by atoms with Gasteiger partial charge in [-0.2, -0.15) is 8.78 Å². The van der Waals surface area contributed by atoms with Crippen LogP contribution in [0.15, 0.2) is 24.3 Å². The summed E-state index contributed by atoms with van der Waals surface area (Å²) in [6.45, 7) is 4.06.